The van der Waals surface area contributed by atoms with E-state index in [1.54, 1.807) is 18.2 Å². The summed E-state index contributed by atoms with van der Waals surface area (Å²) in [4.78, 5) is 14.1. The molecule has 136 valence electrons. The van der Waals surface area contributed by atoms with Crippen LogP contribution in [0.25, 0.3) is 6.08 Å². The summed E-state index contributed by atoms with van der Waals surface area (Å²) >= 11 is 0. The Hall–Kier alpha value is -2.66. The SMILES string of the molecule is CN(CCC(=O)/C=C\c1cccc(F)c1)CCc1ccc2c(c1)OCO2. The standard InChI is InChI=1S/C21H22FNO3/c1-23(11-9-17-6-8-20-21(14-17)26-15-25-20)12-10-19(24)7-5-16-3-2-4-18(22)13-16/h2-8,13-14H,9-12,15H2,1H3/b7-5-. The summed E-state index contributed by atoms with van der Waals surface area (Å²) in [5, 5.41) is 0. The first-order chi connectivity index (χ1) is 12.6. The molecule has 0 bridgehead atoms. The molecular weight excluding hydrogens is 333 g/mol. The molecule has 3 rings (SSSR count). The number of likely N-dealkylation sites (N-methyl/N-ethyl adjacent to an activating group) is 1. The highest BCUT2D eigenvalue weighted by Gasteiger charge is 2.13. The molecule has 0 saturated carbocycles. The Morgan fingerprint density at radius 3 is 2.85 bits per heavy atom. The first-order valence-corrected chi connectivity index (χ1v) is 8.64. The Labute approximate surface area is 152 Å². The molecular formula is C21H22FNO3. The van der Waals surface area contributed by atoms with E-state index in [0.29, 0.717) is 18.5 Å². The van der Waals surface area contributed by atoms with Crippen LogP contribution < -0.4 is 9.47 Å². The van der Waals surface area contributed by atoms with Crippen LogP contribution in [0.4, 0.5) is 4.39 Å². The Bertz CT molecular complexity index is 804. The minimum absolute atomic E-state index is 0.0317. The van der Waals surface area contributed by atoms with E-state index in [1.807, 2.05) is 25.2 Å². The van der Waals surface area contributed by atoms with Gasteiger partial charge < -0.3 is 14.4 Å². The predicted octanol–water partition coefficient (Wildman–Crippen LogP) is 3.70. The van der Waals surface area contributed by atoms with Crippen LogP contribution in [0.3, 0.4) is 0 Å². The van der Waals surface area contributed by atoms with Gasteiger partial charge in [0.25, 0.3) is 0 Å². The number of fused-ring (bicyclic) bond motifs is 1. The quantitative estimate of drug-likeness (QED) is 0.677. The van der Waals surface area contributed by atoms with Crippen LogP contribution in [-0.4, -0.2) is 37.6 Å². The normalized spacial score (nSPS) is 12.9. The van der Waals surface area contributed by atoms with Gasteiger partial charge in [0.15, 0.2) is 17.3 Å². The highest BCUT2D eigenvalue weighted by molar-refractivity contribution is 5.93. The van der Waals surface area contributed by atoms with Gasteiger partial charge in [-0.15, -0.1) is 0 Å². The van der Waals surface area contributed by atoms with Crippen molar-refractivity contribution in [3.63, 3.8) is 0 Å². The lowest BCUT2D eigenvalue weighted by molar-refractivity contribution is -0.114. The van der Waals surface area contributed by atoms with Gasteiger partial charge in [0.2, 0.25) is 6.79 Å². The van der Waals surface area contributed by atoms with Crippen molar-refractivity contribution >= 4 is 11.9 Å². The lowest BCUT2D eigenvalue weighted by Gasteiger charge is -2.15. The molecule has 0 aromatic heterocycles. The number of nitrogens with zero attached hydrogens (tertiary/aromatic N) is 1. The first kappa shape index (κ1) is 18.1. The molecule has 0 spiro atoms. The second-order valence-electron chi connectivity index (χ2n) is 6.35. The van der Waals surface area contributed by atoms with Crippen LogP contribution in [-0.2, 0) is 11.2 Å². The van der Waals surface area contributed by atoms with E-state index in [9.17, 15) is 9.18 Å². The first-order valence-electron chi connectivity index (χ1n) is 8.64. The van der Waals surface area contributed by atoms with Crippen LogP contribution >= 0.6 is 0 Å². The van der Waals surface area contributed by atoms with Crippen molar-refractivity contribution in [3.05, 3.63) is 65.5 Å². The molecule has 0 radical (unpaired) electrons. The second-order valence-corrected chi connectivity index (χ2v) is 6.35. The molecule has 0 N–H and O–H groups in total. The third-order valence-electron chi connectivity index (χ3n) is 4.27. The van der Waals surface area contributed by atoms with E-state index in [4.69, 9.17) is 9.47 Å². The summed E-state index contributed by atoms with van der Waals surface area (Å²) in [5.74, 6) is 1.31. The van der Waals surface area contributed by atoms with Crippen LogP contribution in [0.1, 0.15) is 17.5 Å². The maximum Gasteiger partial charge on any atom is 0.231 e. The van der Waals surface area contributed by atoms with Gasteiger partial charge in [-0.2, -0.15) is 0 Å². The number of rotatable bonds is 8. The van der Waals surface area contributed by atoms with Crippen molar-refractivity contribution < 1.29 is 18.7 Å². The zero-order chi connectivity index (χ0) is 18.4. The maximum atomic E-state index is 13.1. The fraction of sp³-hybridized carbons (Fsp3) is 0.286. The van der Waals surface area contributed by atoms with E-state index in [2.05, 4.69) is 4.90 Å². The fourth-order valence-electron chi connectivity index (χ4n) is 2.71. The zero-order valence-electron chi connectivity index (χ0n) is 14.8. The molecule has 0 aliphatic carbocycles. The summed E-state index contributed by atoms with van der Waals surface area (Å²) in [5.41, 5.74) is 1.87. The summed E-state index contributed by atoms with van der Waals surface area (Å²) in [6.45, 7) is 1.81. The van der Waals surface area contributed by atoms with Crippen molar-refractivity contribution in [2.45, 2.75) is 12.8 Å². The van der Waals surface area contributed by atoms with E-state index in [1.165, 1.54) is 23.8 Å². The molecule has 1 aliphatic rings. The highest BCUT2D eigenvalue weighted by atomic mass is 19.1. The highest BCUT2D eigenvalue weighted by Crippen LogP contribution is 2.32. The Morgan fingerprint density at radius 1 is 1.15 bits per heavy atom. The molecule has 26 heavy (non-hydrogen) atoms. The van der Waals surface area contributed by atoms with Crippen LogP contribution in [0.15, 0.2) is 48.5 Å². The van der Waals surface area contributed by atoms with E-state index in [0.717, 1.165) is 24.5 Å². The molecule has 2 aromatic rings. The number of hydrogen-bond donors (Lipinski definition) is 0. The monoisotopic (exact) mass is 355 g/mol. The molecule has 5 heteroatoms. The van der Waals surface area contributed by atoms with Gasteiger partial charge in [0, 0.05) is 19.5 Å². The number of hydrogen-bond acceptors (Lipinski definition) is 4. The van der Waals surface area contributed by atoms with Gasteiger partial charge in [-0.3, -0.25) is 4.79 Å². The topological polar surface area (TPSA) is 38.8 Å². The smallest absolute Gasteiger partial charge is 0.231 e. The molecule has 0 fully saturated rings. The second kappa shape index (κ2) is 8.63. The van der Waals surface area contributed by atoms with Crippen molar-refractivity contribution in [1.82, 2.24) is 4.90 Å². The van der Waals surface area contributed by atoms with Gasteiger partial charge in [-0.05, 0) is 54.9 Å². The average Bonchev–Trinajstić information content (AvgIpc) is 3.11. The maximum absolute atomic E-state index is 13.1. The largest absolute Gasteiger partial charge is 0.454 e. The lowest BCUT2D eigenvalue weighted by Crippen LogP contribution is -2.24. The number of ether oxygens (including phenoxy) is 2. The summed E-state index contributed by atoms with van der Waals surface area (Å²) in [7, 11) is 2.00. The number of halogens is 1. The van der Waals surface area contributed by atoms with Crippen molar-refractivity contribution in [2.75, 3.05) is 26.9 Å². The average molecular weight is 355 g/mol. The Kier molecular flexibility index (Phi) is 6.02. The van der Waals surface area contributed by atoms with Gasteiger partial charge in [-0.25, -0.2) is 4.39 Å². The van der Waals surface area contributed by atoms with Gasteiger partial charge in [0.1, 0.15) is 5.82 Å². The number of allylic oxidation sites excluding steroid dienone is 1. The number of benzene rings is 2. The van der Waals surface area contributed by atoms with Gasteiger partial charge >= 0.3 is 0 Å². The lowest BCUT2D eigenvalue weighted by atomic mass is 10.1. The third kappa shape index (κ3) is 5.17. The number of carbonyl (C=O) groups is 1. The third-order valence-corrected chi connectivity index (χ3v) is 4.27. The van der Waals surface area contributed by atoms with Gasteiger partial charge in [0.05, 0.1) is 0 Å². The molecule has 2 aromatic carbocycles. The summed E-state index contributed by atoms with van der Waals surface area (Å²) < 4.78 is 23.8. The molecule has 0 unspecified atom stereocenters. The van der Waals surface area contributed by atoms with Gasteiger partial charge in [-0.1, -0.05) is 24.3 Å². The number of ketones is 1. The molecule has 1 heterocycles. The molecule has 0 amide bonds. The molecule has 0 saturated heterocycles. The summed E-state index contributed by atoms with van der Waals surface area (Å²) in [6, 6.07) is 12.2. The van der Waals surface area contributed by atoms with E-state index in [-0.39, 0.29) is 18.4 Å². The molecule has 0 atom stereocenters. The summed E-state index contributed by atoms with van der Waals surface area (Å²) in [6.07, 6.45) is 4.47. The molecule has 1 aliphatic heterocycles. The Morgan fingerprint density at radius 2 is 2.00 bits per heavy atom. The minimum Gasteiger partial charge on any atom is -0.454 e. The van der Waals surface area contributed by atoms with E-state index < -0.39 is 0 Å². The van der Waals surface area contributed by atoms with Crippen LogP contribution in [0.2, 0.25) is 0 Å². The minimum atomic E-state index is -0.303. The van der Waals surface area contributed by atoms with Crippen LogP contribution in [0, 0.1) is 5.82 Å². The predicted molar refractivity (Wildman–Crippen MR) is 98.8 cm³/mol. The van der Waals surface area contributed by atoms with Crippen LogP contribution in [0.5, 0.6) is 11.5 Å². The Balaban J connectivity index is 1.40. The van der Waals surface area contributed by atoms with Crippen molar-refractivity contribution in [2.24, 2.45) is 0 Å². The molecule has 4 nitrogen and oxygen atoms in total. The van der Waals surface area contributed by atoms with Crippen molar-refractivity contribution in [1.29, 1.82) is 0 Å². The van der Waals surface area contributed by atoms with Crippen molar-refractivity contribution in [3.8, 4) is 11.5 Å². The number of carbonyl (C=O) groups excluding carboxylic acids is 1. The zero-order valence-corrected chi connectivity index (χ0v) is 14.8. The fourth-order valence-corrected chi connectivity index (χ4v) is 2.71. The van der Waals surface area contributed by atoms with E-state index >= 15 is 0 Å².